The third-order valence-electron chi connectivity index (χ3n) is 1.80. The number of hydrogen-bond acceptors (Lipinski definition) is 4. The van der Waals surface area contributed by atoms with Crippen LogP contribution in [0.5, 0.6) is 0 Å². The average Bonchev–Trinajstić information content (AvgIpc) is 2.41. The van der Waals surface area contributed by atoms with Crippen molar-refractivity contribution in [3.8, 4) is 0 Å². The van der Waals surface area contributed by atoms with E-state index in [2.05, 4.69) is 9.72 Å². The van der Waals surface area contributed by atoms with Crippen molar-refractivity contribution in [3.05, 3.63) is 17.2 Å². The third-order valence-corrected chi connectivity index (χ3v) is 3.23. The predicted molar refractivity (Wildman–Crippen MR) is 54.5 cm³/mol. The Balaban J connectivity index is 3.33. The molecular weight excluding hydrogens is 261 g/mol. The van der Waals surface area contributed by atoms with Gasteiger partial charge in [0.2, 0.25) is 0 Å². The lowest BCUT2D eigenvalue weighted by Crippen LogP contribution is -2.07. The summed E-state index contributed by atoms with van der Waals surface area (Å²) in [6.45, 7) is 2.89. The molecule has 1 aromatic heterocycles. The number of carbonyl (C=O) groups is 1. The number of ether oxygens (including phenoxy) is 1. The predicted octanol–water partition coefficient (Wildman–Crippen LogP) is 1.57. The van der Waals surface area contributed by atoms with E-state index in [9.17, 15) is 17.6 Å². The molecule has 1 rings (SSSR count). The van der Waals surface area contributed by atoms with Crippen molar-refractivity contribution < 1.29 is 22.3 Å². The minimum atomic E-state index is -4.23. The quantitative estimate of drug-likeness (QED) is 0.667. The van der Waals surface area contributed by atoms with E-state index in [1.165, 1.54) is 6.92 Å². The van der Waals surface area contributed by atoms with Crippen molar-refractivity contribution in [2.45, 2.75) is 18.7 Å². The first-order valence-electron chi connectivity index (χ1n) is 4.28. The van der Waals surface area contributed by atoms with Gasteiger partial charge in [0, 0.05) is 16.4 Å². The van der Waals surface area contributed by atoms with Crippen LogP contribution in [-0.4, -0.2) is 26.0 Å². The lowest BCUT2D eigenvalue weighted by Gasteiger charge is -1.98. The van der Waals surface area contributed by atoms with Crippen LogP contribution in [0.2, 0.25) is 0 Å². The van der Waals surface area contributed by atoms with E-state index >= 15 is 0 Å². The second-order valence-electron chi connectivity index (χ2n) is 2.93. The molecule has 0 unspecified atom stereocenters. The van der Waals surface area contributed by atoms with E-state index in [-0.39, 0.29) is 12.3 Å². The molecule has 0 spiro atoms. The number of aryl methyl sites for hydroxylation is 1. The molecule has 1 heterocycles. The van der Waals surface area contributed by atoms with Gasteiger partial charge in [0.25, 0.3) is 9.05 Å². The summed E-state index contributed by atoms with van der Waals surface area (Å²) in [5.41, 5.74) is -0.589. The number of nitrogens with one attached hydrogen (secondary N) is 1. The van der Waals surface area contributed by atoms with Crippen LogP contribution in [0.15, 0.2) is 4.90 Å². The maximum Gasteiger partial charge on any atom is 0.357 e. The van der Waals surface area contributed by atoms with Gasteiger partial charge in [-0.15, -0.1) is 0 Å². The van der Waals surface area contributed by atoms with Crippen molar-refractivity contribution in [2.24, 2.45) is 0 Å². The van der Waals surface area contributed by atoms with Gasteiger partial charge in [-0.2, -0.15) is 0 Å². The fourth-order valence-corrected chi connectivity index (χ4v) is 2.49. The molecule has 0 atom stereocenters. The van der Waals surface area contributed by atoms with Crippen LogP contribution in [0, 0.1) is 12.7 Å². The Hall–Kier alpha value is -1.08. The van der Waals surface area contributed by atoms with Crippen LogP contribution in [0.25, 0.3) is 0 Å². The summed E-state index contributed by atoms with van der Waals surface area (Å²) < 4.78 is 40.2. The highest BCUT2D eigenvalue weighted by molar-refractivity contribution is 8.13. The van der Waals surface area contributed by atoms with Gasteiger partial charge < -0.3 is 9.72 Å². The Morgan fingerprint density at radius 3 is 2.50 bits per heavy atom. The van der Waals surface area contributed by atoms with Crippen molar-refractivity contribution in [2.75, 3.05) is 6.61 Å². The van der Waals surface area contributed by atoms with Crippen LogP contribution < -0.4 is 0 Å². The monoisotopic (exact) mass is 269 g/mol. The van der Waals surface area contributed by atoms with Gasteiger partial charge >= 0.3 is 5.97 Å². The highest BCUT2D eigenvalue weighted by atomic mass is 35.7. The molecule has 0 aliphatic heterocycles. The zero-order valence-corrected chi connectivity index (χ0v) is 10.1. The molecule has 0 aliphatic carbocycles. The summed E-state index contributed by atoms with van der Waals surface area (Å²) in [5.74, 6) is -2.18. The maximum absolute atomic E-state index is 13.6. The fraction of sp³-hybridized carbons (Fsp3) is 0.375. The summed E-state index contributed by atoms with van der Waals surface area (Å²) in [4.78, 5) is 12.8. The number of hydrogen-bond donors (Lipinski definition) is 1. The fourth-order valence-electron chi connectivity index (χ4n) is 1.21. The molecular formula is C8H9ClFNO4S. The summed E-state index contributed by atoms with van der Waals surface area (Å²) in [6, 6.07) is 0. The first kappa shape index (κ1) is 13.0. The summed E-state index contributed by atoms with van der Waals surface area (Å²) in [7, 11) is 0.791. The van der Waals surface area contributed by atoms with Crippen molar-refractivity contribution in [3.63, 3.8) is 0 Å². The zero-order valence-electron chi connectivity index (χ0n) is 8.50. The molecule has 0 fully saturated rings. The van der Waals surface area contributed by atoms with Crippen molar-refractivity contribution in [1.29, 1.82) is 0 Å². The molecule has 0 bridgehead atoms. The number of halogens is 2. The highest BCUT2D eigenvalue weighted by Crippen LogP contribution is 2.25. The smallest absolute Gasteiger partial charge is 0.357 e. The lowest BCUT2D eigenvalue weighted by molar-refractivity contribution is 0.0514. The van der Waals surface area contributed by atoms with Gasteiger partial charge in [-0.3, -0.25) is 0 Å². The molecule has 0 radical (unpaired) electrons. The van der Waals surface area contributed by atoms with Gasteiger partial charge in [-0.05, 0) is 13.8 Å². The van der Waals surface area contributed by atoms with Crippen LogP contribution in [0.4, 0.5) is 4.39 Å². The van der Waals surface area contributed by atoms with Gasteiger partial charge in [-0.25, -0.2) is 17.6 Å². The van der Waals surface area contributed by atoms with Gasteiger partial charge in [-0.1, -0.05) is 0 Å². The lowest BCUT2D eigenvalue weighted by atomic mass is 10.4. The number of carbonyl (C=O) groups excluding carboxylic acids is 1. The van der Waals surface area contributed by atoms with Crippen LogP contribution >= 0.6 is 10.7 Å². The second-order valence-corrected chi connectivity index (χ2v) is 5.43. The van der Waals surface area contributed by atoms with E-state index in [1.54, 1.807) is 6.92 Å². The van der Waals surface area contributed by atoms with Gasteiger partial charge in [0.05, 0.1) is 6.61 Å². The molecule has 0 aromatic carbocycles. The summed E-state index contributed by atoms with van der Waals surface area (Å²) in [6.07, 6.45) is 0. The zero-order chi connectivity index (χ0) is 12.5. The highest BCUT2D eigenvalue weighted by Gasteiger charge is 2.28. The Morgan fingerprint density at radius 1 is 1.56 bits per heavy atom. The molecule has 0 saturated carbocycles. The van der Waals surface area contributed by atoms with Crippen LogP contribution in [0.3, 0.4) is 0 Å². The number of aromatic amines is 1. The minimum Gasteiger partial charge on any atom is -0.461 e. The Morgan fingerprint density at radius 2 is 2.12 bits per heavy atom. The standard InChI is InChI=1S/C8H9ClFNO4S/c1-3-15-8(12)6-5(10)7(4(2)11-6)16(9,13)14/h11H,3H2,1-2H3. The number of aromatic nitrogens is 1. The molecule has 5 nitrogen and oxygen atoms in total. The molecule has 0 aliphatic rings. The van der Waals surface area contributed by atoms with E-state index in [1.807, 2.05) is 0 Å². The Labute approximate surface area is 96.0 Å². The topological polar surface area (TPSA) is 76.2 Å². The molecule has 16 heavy (non-hydrogen) atoms. The molecule has 0 amide bonds. The normalized spacial score (nSPS) is 11.5. The van der Waals surface area contributed by atoms with E-state index in [0.717, 1.165) is 0 Å². The van der Waals surface area contributed by atoms with Gasteiger partial charge in [0.1, 0.15) is 4.90 Å². The molecule has 1 N–H and O–H groups in total. The van der Waals surface area contributed by atoms with Crippen molar-refractivity contribution >= 4 is 25.7 Å². The van der Waals surface area contributed by atoms with E-state index in [0.29, 0.717) is 0 Å². The maximum atomic E-state index is 13.6. The first-order valence-corrected chi connectivity index (χ1v) is 6.59. The second kappa shape index (κ2) is 4.42. The Kier molecular flexibility index (Phi) is 3.59. The Bertz CT molecular complexity index is 522. The summed E-state index contributed by atoms with van der Waals surface area (Å²) >= 11 is 0. The largest absolute Gasteiger partial charge is 0.461 e. The van der Waals surface area contributed by atoms with Crippen LogP contribution in [0.1, 0.15) is 23.1 Å². The first-order chi connectivity index (χ1) is 7.29. The molecule has 90 valence electrons. The molecule has 1 aromatic rings. The third kappa shape index (κ3) is 2.35. The van der Waals surface area contributed by atoms with Crippen LogP contribution in [-0.2, 0) is 13.8 Å². The number of H-pyrrole nitrogens is 1. The molecule has 8 heteroatoms. The summed E-state index contributed by atoms with van der Waals surface area (Å²) in [5, 5.41) is 0. The number of esters is 1. The minimum absolute atomic E-state index is 0.0458. The average molecular weight is 270 g/mol. The number of rotatable bonds is 3. The van der Waals surface area contributed by atoms with Gasteiger partial charge in [0.15, 0.2) is 11.5 Å². The molecule has 0 saturated heterocycles. The van der Waals surface area contributed by atoms with Crippen molar-refractivity contribution in [1.82, 2.24) is 4.98 Å². The van der Waals surface area contributed by atoms with E-state index < -0.39 is 31.4 Å². The SMILES string of the molecule is CCOC(=O)c1[nH]c(C)c(S(=O)(=O)Cl)c1F. The van der Waals surface area contributed by atoms with E-state index in [4.69, 9.17) is 10.7 Å².